The Hall–Kier alpha value is -0.223. The highest BCUT2D eigenvalue weighted by Gasteiger charge is 2.42. The van der Waals surface area contributed by atoms with E-state index in [4.69, 9.17) is 31.6 Å². The predicted octanol–water partition coefficient (Wildman–Crippen LogP) is 4.26. The normalized spacial score (nSPS) is 27.2. The van der Waals surface area contributed by atoms with Crippen LogP contribution in [-0.4, -0.2) is 12.5 Å². The van der Waals surface area contributed by atoms with Gasteiger partial charge in [0.1, 0.15) is 5.75 Å². The highest BCUT2D eigenvalue weighted by Crippen LogP contribution is 2.42. The van der Waals surface area contributed by atoms with E-state index in [2.05, 4.69) is 6.92 Å². The first kappa shape index (κ1) is 14.7. The van der Waals surface area contributed by atoms with E-state index in [-0.39, 0.29) is 0 Å². The third-order valence-electron chi connectivity index (χ3n) is 4.49. The molecule has 1 aliphatic carbocycles. The van der Waals surface area contributed by atoms with Gasteiger partial charge in [0.2, 0.25) is 5.79 Å². The summed E-state index contributed by atoms with van der Waals surface area (Å²) in [5, 5.41) is 1.01. The molecule has 1 unspecified atom stereocenters. The Balaban J connectivity index is 1.85. The lowest BCUT2D eigenvalue weighted by molar-refractivity contribution is -0.224. The van der Waals surface area contributed by atoms with Crippen LogP contribution in [0.3, 0.4) is 0 Å². The summed E-state index contributed by atoms with van der Waals surface area (Å²) >= 11 is 12.6. The maximum atomic E-state index is 6.28. The Kier molecular flexibility index (Phi) is 3.82. The number of fused-ring (bicyclic) bond motifs is 1. The molecule has 0 radical (unpaired) electrons. The summed E-state index contributed by atoms with van der Waals surface area (Å²) in [6.07, 6.45) is 4.94. The van der Waals surface area contributed by atoms with Gasteiger partial charge in [-0.2, -0.15) is 0 Å². The molecule has 1 saturated carbocycles. The number of benzene rings is 1. The second kappa shape index (κ2) is 5.20. The van der Waals surface area contributed by atoms with Crippen LogP contribution in [0.2, 0.25) is 6.55 Å². The second-order valence-corrected chi connectivity index (χ2v) is 13.6. The SMILES string of the molecule is CC1(C2CCCC2)OCc2cc([Si](C)(Cl)Cl)ccc2O1. The average molecular weight is 331 g/mol. The summed E-state index contributed by atoms with van der Waals surface area (Å²) in [4.78, 5) is 0. The van der Waals surface area contributed by atoms with Crippen LogP contribution >= 0.6 is 22.2 Å². The Morgan fingerprint density at radius 1 is 1.25 bits per heavy atom. The van der Waals surface area contributed by atoms with E-state index in [1.807, 2.05) is 24.7 Å². The van der Waals surface area contributed by atoms with Crippen molar-refractivity contribution >= 4 is 34.0 Å². The van der Waals surface area contributed by atoms with E-state index < -0.39 is 12.5 Å². The van der Waals surface area contributed by atoms with Gasteiger partial charge in [0.05, 0.1) is 6.61 Å². The van der Waals surface area contributed by atoms with E-state index in [9.17, 15) is 0 Å². The molecule has 5 heteroatoms. The van der Waals surface area contributed by atoms with Gasteiger partial charge in [0, 0.05) is 18.4 Å². The van der Waals surface area contributed by atoms with Crippen LogP contribution in [0.15, 0.2) is 18.2 Å². The van der Waals surface area contributed by atoms with Gasteiger partial charge in [0.15, 0.2) is 0 Å². The lowest BCUT2D eigenvalue weighted by atomic mass is 9.97. The second-order valence-electron chi connectivity index (χ2n) is 6.10. The van der Waals surface area contributed by atoms with Crippen molar-refractivity contribution in [1.29, 1.82) is 0 Å². The molecule has 0 spiro atoms. The standard InChI is InChI=1S/C15H20Cl2O2Si/c1-15(12-5-3-4-6-12)18-10-11-9-13(20(2,16)17)7-8-14(11)19-15/h7-9,12H,3-6,10H2,1-2H3. The molecule has 0 bridgehead atoms. The molecule has 0 aromatic heterocycles. The first-order valence-corrected chi connectivity index (χ1v) is 11.7. The average Bonchev–Trinajstić information content (AvgIpc) is 2.91. The summed E-state index contributed by atoms with van der Waals surface area (Å²) in [6.45, 7) is 2.24. The maximum absolute atomic E-state index is 6.28. The molecule has 110 valence electrons. The zero-order chi connectivity index (χ0) is 14.4. The van der Waals surface area contributed by atoms with Crippen molar-refractivity contribution in [3.8, 4) is 5.75 Å². The first-order valence-electron chi connectivity index (χ1n) is 7.23. The van der Waals surface area contributed by atoms with E-state index >= 15 is 0 Å². The Morgan fingerprint density at radius 2 is 1.95 bits per heavy atom. The van der Waals surface area contributed by atoms with Crippen molar-refractivity contribution in [3.63, 3.8) is 0 Å². The summed E-state index contributed by atoms with van der Waals surface area (Å²) in [7, 11) is 0. The molecule has 1 atom stereocenters. The van der Waals surface area contributed by atoms with Gasteiger partial charge < -0.3 is 9.47 Å². The summed E-state index contributed by atoms with van der Waals surface area (Å²) in [5.41, 5.74) is 1.05. The van der Waals surface area contributed by atoms with Crippen molar-refractivity contribution in [3.05, 3.63) is 23.8 Å². The molecular weight excluding hydrogens is 311 g/mol. The molecule has 1 aliphatic heterocycles. The summed E-state index contributed by atoms with van der Waals surface area (Å²) in [5.74, 6) is 0.935. The predicted molar refractivity (Wildman–Crippen MR) is 85.2 cm³/mol. The van der Waals surface area contributed by atoms with Crippen molar-refractivity contribution in [2.45, 2.75) is 51.5 Å². The van der Waals surface area contributed by atoms with E-state index in [1.165, 1.54) is 25.7 Å². The van der Waals surface area contributed by atoms with Crippen molar-refractivity contribution in [1.82, 2.24) is 0 Å². The minimum atomic E-state index is -2.32. The van der Waals surface area contributed by atoms with Gasteiger partial charge in [-0.3, -0.25) is 0 Å². The third kappa shape index (κ3) is 2.73. The van der Waals surface area contributed by atoms with Gasteiger partial charge in [-0.25, -0.2) is 0 Å². The van der Waals surface area contributed by atoms with Gasteiger partial charge >= 0.3 is 0 Å². The fraction of sp³-hybridized carbons (Fsp3) is 0.600. The quantitative estimate of drug-likeness (QED) is 0.595. The molecule has 3 rings (SSSR count). The smallest absolute Gasteiger partial charge is 0.277 e. The monoisotopic (exact) mass is 330 g/mol. The van der Waals surface area contributed by atoms with Gasteiger partial charge in [-0.1, -0.05) is 25.0 Å². The van der Waals surface area contributed by atoms with Gasteiger partial charge in [-0.05, 0) is 30.6 Å². The minimum Gasteiger partial charge on any atom is -0.462 e. The molecule has 1 aromatic carbocycles. The molecule has 1 heterocycles. The number of ether oxygens (including phenoxy) is 2. The zero-order valence-corrected chi connectivity index (χ0v) is 14.4. The topological polar surface area (TPSA) is 18.5 Å². The summed E-state index contributed by atoms with van der Waals surface area (Å²) < 4.78 is 12.2. The Bertz CT molecular complexity index is 509. The zero-order valence-electron chi connectivity index (χ0n) is 11.9. The van der Waals surface area contributed by atoms with Crippen LogP contribution in [0, 0.1) is 5.92 Å². The lowest BCUT2D eigenvalue weighted by Crippen LogP contribution is -2.45. The first-order chi connectivity index (χ1) is 9.38. The fourth-order valence-electron chi connectivity index (χ4n) is 3.19. The van der Waals surface area contributed by atoms with E-state index in [1.54, 1.807) is 0 Å². The van der Waals surface area contributed by atoms with E-state index in [0.29, 0.717) is 12.5 Å². The van der Waals surface area contributed by atoms with Crippen LogP contribution in [-0.2, 0) is 11.3 Å². The molecule has 2 nitrogen and oxygen atoms in total. The van der Waals surface area contributed by atoms with Crippen molar-refractivity contribution in [2.24, 2.45) is 5.92 Å². The number of hydrogen-bond acceptors (Lipinski definition) is 2. The minimum absolute atomic E-state index is 0.478. The van der Waals surface area contributed by atoms with Crippen LogP contribution < -0.4 is 9.92 Å². The maximum Gasteiger partial charge on any atom is 0.277 e. The van der Waals surface area contributed by atoms with Crippen LogP contribution in [0.4, 0.5) is 0 Å². The molecule has 1 fully saturated rings. The largest absolute Gasteiger partial charge is 0.462 e. The Morgan fingerprint density at radius 3 is 2.60 bits per heavy atom. The Labute approximate surface area is 130 Å². The van der Waals surface area contributed by atoms with Crippen LogP contribution in [0.25, 0.3) is 0 Å². The third-order valence-corrected chi connectivity index (χ3v) is 7.13. The lowest BCUT2D eigenvalue weighted by Gasteiger charge is -2.40. The number of rotatable bonds is 2. The highest BCUT2D eigenvalue weighted by molar-refractivity contribution is 7.50. The molecular formula is C15H20Cl2O2Si. The van der Waals surface area contributed by atoms with Gasteiger partial charge in [0.25, 0.3) is 6.69 Å². The number of hydrogen-bond donors (Lipinski definition) is 0. The van der Waals surface area contributed by atoms with Crippen molar-refractivity contribution < 1.29 is 9.47 Å². The van der Waals surface area contributed by atoms with Crippen LogP contribution in [0.5, 0.6) is 5.75 Å². The molecule has 2 aliphatic rings. The molecule has 0 saturated heterocycles. The number of halogens is 2. The molecule has 0 amide bonds. The summed E-state index contributed by atoms with van der Waals surface area (Å²) in [6, 6.07) is 6.03. The molecule has 1 aromatic rings. The fourth-order valence-corrected chi connectivity index (χ4v) is 4.69. The van der Waals surface area contributed by atoms with Gasteiger partial charge in [-0.15, -0.1) is 22.2 Å². The molecule has 0 N–H and O–H groups in total. The highest BCUT2D eigenvalue weighted by atomic mass is 35.7. The van der Waals surface area contributed by atoms with Crippen LogP contribution in [0.1, 0.15) is 38.2 Å². The molecule has 20 heavy (non-hydrogen) atoms. The van der Waals surface area contributed by atoms with E-state index in [0.717, 1.165) is 16.5 Å². The van der Waals surface area contributed by atoms with Crippen molar-refractivity contribution in [2.75, 3.05) is 0 Å².